The van der Waals surface area contributed by atoms with E-state index in [1.54, 1.807) is 24.3 Å². The van der Waals surface area contributed by atoms with Crippen LogP contribution in [0.25, 0.3) is 0 Å². The van der Waals surface area contributed by atoms with Crippen LogP contribution in [-0.4, -0.2) is 24.0 Å². The van der Waals surface area contributed by atoms with Crippen LogP contribution in [-0.2, 0) is 4.84 Å². The summed E-state index contributed by atoms with van der Waals surface area (Å²) in [6, 6.07) is 14.0. The zero-order valence-electron chi connectivity index (χ0n) is 12.3. The van der Waals surface area contributed by atoms with E-state index in [0.29, 0.717) is 11.1 Å². The summed E-state index contributed by atoms with van der Waals surface area (Å²) in [5, 5.41) is 0.773. The van der Waals surface area contributed by atoms with E-state index >= 15 is 0 Å². The lowest BCUT2D eigenvalue weighted by atomic mass is 10.1. The van der Waals surface area contributed by atoms with Gasteiger partial charge in [-0.2, -0.15) is 0 Å². The number of hydrogen-bond acceptors (Lipinski definition) is 3. The quantitative estimate of drug-likeness (QED) is 0.642. The predicted molar refractivity (Wildman–Crippen MR) is 79.9 cm³/mol. The molecule has 0 spiro atoms. The number of rotatable bonds is 3. The van der Waals surface area contributed by atoms with Crippen molar-refractivity contribution in [2.45, 2.75) is 13.8 Å². The summed E-state index contributed by atoms with van der Waals surface area (Å²) in [7, 11) is 1.30. The van der Waals surface area contributed by atoms with E-state index in [2.05, 4.69) is 0 Å². The average Bonchev–Trinajstić information content (AvgIpc) is 2.49. The molecule has 0 aliphatic carbocycles. The third-order valence-electron chi connectivity index (χ3n) is 3.15. The fourth-order valence-electron chi connectivity index (χ4n) is 1.88. The van der Waals surface area contributed by atoms with Gasteiger partial charge in [0.2, 0.25) is 0 Å². The molecule has 0 bridgehead atoms. The van der Waals surface area contributed by atoms with Crippen molar-refractivity contribution in [2.75, 3.05) is 7.11 Å². The molecule has 21 heavy (non-hydrogen) atoms. The first kappa shape index (κ1) is 14.9. The van der Waals surface area contributed by atoms with Gasteiger partial charge in [-0.05, 0) is 38.1 Å². The summed E-state index contributed by atoms with van der Waals surface area (Å²) >= 11 is 0. The lowest BCUT2D eigenvalue weighted by molar-refractivity contribution is -0.0684. The number of aryl methyl sites for hydroxylation is 2. The molecule has 0 unspecified atom stereocenters. The molecule has 0 atom stereocenters. The van der Waals surface area contributed by atoms with Gasteiger partial charge in [-0.15, -0.1) is 5.06 Å². The van der Waals surface area contributed by atoms with Crippen molar-refractivity contribution in [2.24, 2.45) is 0 Å². The highest BCUT2D eigenvalue weighted by molar-refractivity contribution is 6.09. The van der Waals surface area contributed by atoms with Crippen molar-refractivity contribution in [1.82, 2.24) is 5.06 Å². The molecule has 2 aromatic rings. The second kappa shape index (κ2) is 6.33. The zero-order valence-corrected chi connectivity index (χ0v) is 12.3. The predicted octanol–water partition coefficient (Wildman–Crippen LogP) is 3.15. The topological polar surface area (TPSA) is 46.6 Å². The van der Waals surface area contributed by atoms with Gasteiger partial charge in [0.1, 0.15) is 0 Å². The van der Waals surface area contributed by atoms with E-state index in [9.17, 15) is 9.59 Å². The first-order valence-corrected chi connectivity index (χ1v) is 6.59. The first-order chi connectivity index (χ1) is 10.0. The molecule has 2 rings (SSSR count). The molecule has 108 valence electrons. The van der Waals surface area contributed by atoms with Crippen LogP contribution < -0.4 is 0 Å². The maximum atomic E-state index is 12.3. The molecule has 4 nitrogen and oxygen atoms in total. The van der Waals surface area contributed by atoms with Crippen LogP contribution in [0, 0.1) is 13.8 Å². The Hall–Kier alpha value is -2.46. The molecule has 0 aliphatic heterocycles. The van der Waals surface area contributed by atoms with Crippen molar-refractivity contribution >= 4 is 11.8 Å². The SMILES string of the molecule is CON(C(=O)c1ccc(C)cc1)C(=O)c1ccc(C)cc1. The standard InChI is InChI=1S/C17H17NO3/c1-12-4-8-14(9-5-12)16(19)18(21-3)17(20)15-10-6-13(2)7-11-15/h4-11H,1-3H3. The van der Waals surface area contributed by atoms with Gasteiger partial charge in [0.15, 0.2) is 0 Å². The Kier molecular flexibility index (Phi) is 4.50. The lowest BCUT2D eigenvalue weighted by Gasteiger charge is -2.18. The smallest absolute Gasteiger partial charge is 0.266 e. The van der Waals surface area contributed by atoms with Crippen LogP contribution >= 0.6 is 0 Å². The molecular formula is C17H17NO3. The lowest BCUT2D eigenvalue weighted by Crippen LogP contribution is -2.36. The second-order valence-corrected chi connectivity index (χ2v) is 4.82. The third-order valence-corrected chi connectivity index (χ3v) is 3.15. The molecule has 0 saturated heterocycles. The van der Waals surface area contributed by atoms with Crippen LogP contribution in [0.3, 0.4) is 0 Å². The Labute approximate surface area is 123 Å². The van der Waals surface area contributed by atoms with Gasteiger partial charge >= 0.3 is 0 Å². The number of nitrogens with zero attached hydrogens (tertiary/aromatic N) is 1. The van der Waals surface area contributed by atoms with Gasteiger partial charge in [-0.3, -0.25) is 14.4 Å². The van der Waals surface area contributed by atoms with Crippen molar-refractivity contribution in [3.63, 3.8) is 0 Å². The van der Waals surface area contributed by atoms with Crippen molar-refractivity contribution in [3.8, 4) is 0 Å². The number of hydroxylamine groups is 2. The third kappa shape index (κ3) is 3.35. The number of hydrogen-bond donors (Lipinski definition) is 0. The summed E-state index contributed by atoms with van der Waals surface area (Å²) in [6.07, 6.45) is 0. The van der Waals surface area contributed by atoms with Crippen LogP contribution in [0.2, 0.25) is 0 Å². The monoisotopic (exact) mass is 283 g/mol. The van der Waals surface area contributed by atoms with E-state index < -0.39 is 11.8 Å². The Balaban J connectivity index is 2.26. The molecule has 0 saturated carbocycles. The molecular weight excluding hydrogens is 266 g/mol. The number of imide groups is 1. The number of amides is 2. The van der Waals surface area contributed by atoms with Gasteiger partial charge in [-0.25, -0.2) is 0 Å². The Morgan fingerprint density at radius 3 is 1.38 bits per heavy atom. The maximum Gasteiger partial charge on any atom is 0.285 e. The summed E-state index contributed by atoms with van der Waals surface area (Å²) in [6.45, 7) is 3.86. The molecule has 0 heterocycles. The minimum absolute atomic E-state index is 0.405. The van der Waals surface area contributed by atoms with Gasteiger partial charge in [0, 0.05) is 11.1 Å². The second-order valence-electron chi connectivity index (χ2n) is 4.82. The highest BCUT2D eigenvalue weighted by atomic mass is 16.7. The number of benzene rings is 2. The molecule has 0 N–H and O–H groups in total. The first-order valence-electron chi connectivity index (χ1n) is 6.59. The van der Waals surface area contributed by atoms with E-state index in [1.165, 1.54) is 7.11 Å². The van der Waals surface area contributed by atoms with Crippen molar-refractivity contribution in [3.05, 3.63) is 70.8 Å². The molecule has 4 heteroatoms. The zero-order chi connectivity index (χ0) is 15.4. The largest absolute Gasteiger partial charge is 0.285 e. The van der Waals surface area contributed by atoms with E-state index in [0.717, 1.165) is 16.2 Å². The molecule has 0 fully saturated rings. The highest BCUT2D eigenvalue weighted by Crippen LogP contribution is 2.12. The summed E-state index contributed by atoms with van der Waals surface area (Å²) < 4.78 is 0. The van der Waals surface area contributed by atoms with E-state index in [4.69, 9.17) is 4.84 Å². The van der Waals surface area contributed by atoms with Crippen LogP contribution in [0.15, 0.2) is 48.5 Å². The molecule has 2 amide bonds. The number of carbonyl (C=O) groups excluding carboxylic acids is 2. The highest BCUT2D eigenvalue weighted by Gasteiger charge is 2.24. The molecule has 2 aromatic carbocycles. The van der Waals surface area contributed by atoms with E-state index in [1.807, 2.05) is 38.1 Å². The minimum Gasteiger partial charge on any atom is -0.266 e. The fourth-order valence-corrected chi connectivity index (χ4v) is 1.88. The van der Waals surface area contributed by atoms with Crippen LogP contribution in [0.1, 0.15) is 31.8 Å². The van der Waals surface area contributed by atoms with Gasteiger partial charge < -0.3 is 0 Å². The van der Waals surface area contributed by atoms with Gasteiger partial charge in [0.25, 0.3) is 11.8 Å². The van der Waals surface area contributed by atoms with Crippen LogP contribution in [0.5, 0.6) is 0 Å². The number of carbonyl (C=O) groups is 2. The normalized spacial score (nSPS) is 10.2. The Bertz CT molecular complexity index is 587. The molecule has 0 radical (unpaired) electrons. The minimum atomic E-state index is -0.483. The van der Waals surface area contributed by atoms with Gasteiger partial charge in [0.05, 0.1) is 7.11 Å². The van der Waals surface area contributed by atoms with E-state index in [-0.39, 0.29) is 0 Å². The summed E-state index contributed by atoms with van der Waals surface area (Å²) in [4.78, 5) is 29.7. The summed E-state index contributed by atoms with van der Waals surface area (Å²) in [5.41, 5.74) is 2.89. The summed E-state index contributed by atoms with van der Waals surface area (Å²) in [5.74, 6) is -0.967. The van der Waals surface area contributed by atoms with Crippen molar-refractivity contribution < 1.29 is 14.4 Å². The maximum absolute atomic E-state index is 12.3. The molecule has 0 aliphatic rings. The Morgan fingerprint density at radius 1 is 0.762 bits per heavy atom. The fraction of sp³-hybridized carbons (Fsp3) is 0.176. The average molecular weight is 283 g/mol. The van der Waals surface area contributed by atoms with Crippen LogP contribution in [0.4, 0.5) is 0 Å². The molecule has 0 aromatic heterocycles. The Morgan fingerprint density at radius 2 is 1.10 bits per heavy atom. The van der Waals surface area contributed by atoms with Crippen molar-refractivity contribution in [1.29, 1.82) is 0 Å². The van der Waals surface area contributed by atoms with Gasteiger partial charge in [-0.1, -0.05) is 35.4 Å².